The highest BCUT2D eigenvalue weighted by atomic mass is 19.1. The molecule has 1 amide bonds. The van der Waals surface area contributed by atoms with Gasteiger partial charge in [0.2, 0.25) is 0 Å². The van der Waals surface area contributed by atoms with Crippen molar-refractivity contribution in [1.82, 2.24) is 19.8 Å². The monoisotopic (exact) mass is 755 g/mol. The molecule has 8 rings (SSSR count). The standard InChI is InChI=1S/C44H55F2N5O4/c1-8-27-10-9-11-28-16-25(2)17-34(37(27)28)38-36(45)20-35-40(39(38)46)47-42(54-24-26(3)21-50-29-12-13-30(50)19-33(18-29)53-7)48-41(35)49-22-31-14-15-32(23-49)51(31)43(52)55-44(4,5)6/h9-11,16-17,20,26,29-33H,8,12-15,18-19,21-24H2,1-7H3/t26-,29?,30?,31?,32?,33?/m1/s1. The zero-order valence-corrected chi connectivity index (χ0v) is 33.3. The molecule has 4 aromatic rings. The van der Waals surface area contributed by atoms with Gasteiger partial charge in [-0.15, -0.1) is 0 Å². The van der Waals surface area contributed by atoms with Gasteiger partial charge in [-0.25, -0.2) is 13.6 Å². The number of rotatable bonds is 9. The molecule has 5 heterocycles. The van der Waals surface area contributed by atoms with Crippen LogP contribution in [0, 0.1) is 24.5 Å². The molecule has 4 aliphatic rings. The van der Waals surface area contributed by atoms with Crippen molar-refractivity contribution in [3.63, 3.8) is 0 Å². The van der Waals surface area contributed by atoms with Crippen molar-refractivity contribution in [3.05, 3.63) is 59.2 Å². The lowest BCUT2D eigenvalue weighted by Crippen LogP contribution is -2.57. The van der Waals surface area contributed by atoms with E-state index in [-0.39, 0.29) is 46.6 Å². The van der Waals surface area contributed by atoms with Crippen LogP contribution in [0.15, 0.2) is 36.4 Å². The Bertz CT molecular complexity index is 2080. The minimum atomic E-state index is -0.734. The third kappa shape index (κ3) is 7.23. The molecule has 5 atom stereocenters. The van der Waals surface area contributed by atoms with Gasteiger partial charge in [0.25, 0.3) is 0 Å². The maximum absolute atomic E-state index is 17.3. The van der Waals surface area contributed by atoms with E-state index < -0.39 is 17.2 Å². The lowest BCUT2D eigenvalue weighted by Gasteiger charge is -2.42. The van der Waals surface area contributed by atoms with Crippen LogP contribution in [0.5, 0.6) is 6.01 Å². The molecule has 0 radical (unpaired) electrons. The zero-order chi connectivity index (χ0) is 38.8. The van der Waals surface area contributed by atoms with E-state index in [4.69, 9.17) is 24.2 Å². The predicted molar refractivity (Wildman–Crippen MR) is 212 cm³/mol. The number of ether oxygens (including phenoxy) is 3. The van der Waals surface area contributed by atoms with Crippen LogP contribution < -0.4 is 9.64 Å². The van der Waals surface area contributed by atoms with E-state index in [9.17, 15) is 4.79 Å². The van der Waals surface area contributed by atoms with Gasteiger partial charge in [0, 0.05) is 50.1 Å². The van der Waals surface area contributed by atoms with Gasteiger partial charge in [-0.05, 0) is 106 Å². The first-order valence-corrected chi connectivity index (χ1v) is 20.2. The first-order chi connectivity index (χ1) is 26.3. The summed E-state index contributed by atoms with van der Waals surface area (Å²) < 4.78 is 51.8. The maximum Gasteiger partial charge on any atom is 0.410 e. The second kappa shape index (κ2) is 14.8. The average Bonchev–Trinajstić information content (AvgIpc) is 3.53. The SMILES string of the molecule is CCc1cccc2cc(C)cc(-c3c(F)cc4c(N5CC6CCC(C5)N6C(=O)OC(C)(C)C)nc(OC[C@H](C)CN5C6CCC5CC(OC)C6)nc4c3F)c12. The Morgan fingerprint density at radius 3 is 2.33 bits per heavy atom. The van der Waals surface area contributed by atoms with Gasteiger partial charge in [0.15, 0.2) is 5.82 Å². The highest BCUT2D eigenvalue weighted by Crippen LogP contribution is 2.42. The molecule has 4 fully saturated rings. The number of benzene rings is 3. The van der Waals surface area contributed by atoms with Crippen LogP contribution in [0.25, 0.3) is 32.8 Å². The third-order valence-electron chi connectivity index (χ3n) is 12.3. The highest BCUT2D eigenvalue weighted by molar-refractivity contribution is 6.02. The molecule has 294 valence electrons. The summed E-state index contributed by atoms with van der Waals surface area (Å²) >= 11 is 0. The smallest absolute Gasteiger partial charge is 0.410 e. The minimum absolute atomic E-state index is 0.0225. The normalized spacial score (nSPS) is 24.6. The fourth-order valence-corrected chi connectivity index (χ4v) is 9.89. The van der Waals surface area contributed by atoms with Crippen LogP contribution in [0.2, 0.25) is 0 Å². The van der Waals surface area contributed by atoms with E-state index in [1.165, 1.54) is 18.9 Å². The number of methoxy groups -OCH3 is 1. The van der Waals surface area contributed by atoms with Crippen LogP contribution in [-0.2, 0) is 15.9 Å². The van der Waals surface area contributed by atoms with Gasteiger partial charge >= 0.3 is 12.1 Å². The van der Waals surface area contributed by atoms with E-state index >= 15 is 8.78 Å². The molecule has 11 heteroatoms. The van der Waals surface area contributed by atoms with E-state index in [1.54, 1.807) is 0 Å². The number of carbonyl (C=O) groups is 1. The van der Waals surface area contributed by atoms with Crippen LogP contribution in [0.3, 0.4) is 0 Å². The molecular weight excluding hydrogens is 701 g/mol. The first-order valence-electron chi connectivity index (χ1n) is 20.2. The number of hydrogen-bond donors (Lipinski definition) is 0. The topological polar surface area (TPSA) is 80.3 Å². The second-order valence-electron chi connectivity index (χ2n) is 17.5. The number of anilines is 1. The van der Waals surface area contributed by atoms with Crippen molar-refractivity contribution >= 4 is 33.6 Å². The lowest BCUT2D eigenvalue weighted by molar-refractivity contribution is -0.00168. The van der Waals surface area contributed by atoms with Crippen molar-refractivity contribution in [2.24, 2.45) is 5.92 Å². The zero-order valence-electron chi connectivity index (χ0n) is 33.3. The summed E-state index contributed by atoms with van der Waals surface area (Å²) in [6.45, 7) is 13.9. The number of fused-ring (bicyclic) bond motifs is 6. The molecular formula is C44H55F2N5O4. The van der Waals surface area contributed by atoms with Gasteiger partial charge in [-0.2, -0.15) is 9.97 Å². The number of nitrogens with zero attached hydrogens (tertiary/aromatic N) is 5. The van der Waals surface area contributed by atoms with Crippen molar-refractivity contribution in [1.29, 1.82) is 0 Å². The fraction of sp³-hybridized carbons (Fsp3) is 0.568. The van der Waals surface area contributed by atoms with Crippen LogP contribution in [0.1, 0.15) is 84.3 Å². The summed E-state index contributed by atoms with van der Waals surface area (Å²) in [5.41, 5.74) is 1.74. The predicted octanol–water partition coefficient (Wildman–Crippen LogP) is 8.84. The molecule has 4 aliphatic heterocycles. The Kier molecular flexibility index (Phi) is 10.2. The number of amides is 1. The summed E-state index contributed by atoms with van der Waals surface area (Å²) in [6.07, 6.45) is 6.80. The fourth-order valence-electron chi connectivity index (χ4n) is 9.89. The Balaban J connectivity index is 1.16. The summed E-state index contributed by atoms with van der Waals surface area (Å²) in [5.74, 6) is -0.821. The summed E-state index contributed by atoms with van der Waals surface area (Å²) in [6, 6.07) is 12.1. The number of aryl methyl sites for hydroxylation is 2. The number of aromatic nitrogens is 2. The Hall–Kier alpha value is -4.09. The van der Waals surface area contributed by atoms with Crippen LogP contribution in [0.4, 0.5) is 19.4 Å². The molecule has 4 saturated heterocycles. The molecule has 0 aliphatic carbocycles. The van der Waals surface area contributed by atoms with Crippen molar-refractivity contribution < 1.29 is 27.8 Å². The average molecular weight is 756 g/mol. The lowest BCUT2D eigenvalue weighted by atomic mass is 9.91. The number of piperazine rings is 1. The van der Waals surface area contributed by atoms with Crippen molar-refractivity contribution in [3.8, 4) is 17.1 Å². The maximum atomic E-state index is 17.3. The molecule has 0 N–H and O–H groups in total. The van der Waals surface area contributed by atoms with Crippen LogP contribution >= 0.6 is 0 Å². The molecule has 55 heavy (non-hydrogen) atoms. The van der Waals surface area contributed by atoms with Gasteiger partial charge in [0.1, 0.15) is 22.8 Å². The molecule has 3 aromatic carbocycles. The molecule has 0 spiro atoms. The Labute approximate surface area is 323 Å². The molecule has 9 nitrogen and oxygen atoms in total. The molecule has 0 saturated carbocycles. The quantitative estimate of drug-likeness (QED) is 0.168. The van der Waals surface area contributed by atoms with Gasteiger partial charge < -0.3 is 19.1 Å². The Morgan fingerprint density at radius 1 is 0.982 bits per heavy atom. The largest absolute Gasteiger partial charge is 0.463 e. The van der Waals surface area contributed by atoms with E-state index in [0.717, 1.165) is 60.5 Å². The van der Waals surface area contributed by atoms with E-state index in [1.807, 2.05) is 64.0 Å². The number of carbonyl (C=O) groups excluding carboxylic acids is 1. The van der Waals surface area contributed by atoms with E-state index in [2.05, 4.69) is 29.7 Å². The molecule has 4 unspecified atom stereocenters. The Morgan fingerprint density at radius 2 is 1.67 bits per heavy atom. The third-order valence-corrected chi connectivity index (χ3v) is 12.3. The van der Waals surface area contributed by atoms with E-state index in [0.29, 0.717) is 49.3 Å². The number of halogens is 2. The second-order valence-corrected chi connectivity index (χ2v) is 17.5. The summed E-state index contributed by atoms with van der Waals surface area (Å²) in [4.78, 5) is 29.4. The molecule has 4 bridgehead atoms. The van der Waals surface area contributed by atoms with Gasteiger partial charge in [0.05, 0.1) is 30.4 Å². The van der Waals surface area contributed by atoms with Gasteiger partial charge in [-0.3, -0.25) is 9.80 Å². The van der Waals surface area contributed by atoms with Crippen molar-refractivity contribution in [2.45, 2.75) is 122 Å². The minimum Gasteiger partial charge on any atom is -0.463 e. The van der Waals surface area contributed by atoms with Crippen molar-refractivity contribution in [2.75, 3.05) is 38.3 Å². The molecule has 1 aromatic heterocycles. The first kappa shape index (κ1) is 37.8. The van der Waals surface area contributed by atoms with Crippen LogP contribution in [-0.4, -0.2) is 95.1 Å². The summed E-state index contributed by atoms with van der Waals surface area (Å²) in [5, 5.41) is 2.06. The summed E-state index contributed by atoms with van der Waals surface area (Å²) in [7, 11) is 1.81. The highest BCUT2D eigenvalue weighted by Gasteiger charge is 2.45. The number of piperidine rings is 1. The number of hydrogen-bond acceptors (Lipinski definition) is 8. The van der Waals surface area contributed by atoms with Gasteiger partial charge in [-0.1, -0.05) is 44.2 Å².